The predicted octanol–water partition coefficient (Wildman–Crippen LogP) is 5.63. The van der Waals surface area contributed by atoms with E-state index >= 15 is 0 Å². The van der Waals surface area contributed by atoms with Crippen molar-refractivity contribution in [2.45, 2.75) is 36.1 Å². The van der Waals surface area contributed by atoms with Gasteiger partial charge in [0.05, 0.1) is 22.5 Å². The van der Waals surface area contributed by atoms with Gasteiger partial charge in [-0.15, -0.1) is 0 Å². The van der Waals surface area contributed by atoms with E-state index in [1.54, 1.807) is 11.8 Å². The van der Waals surface area contributed by atoms with Crippen LogP contribution in [0.15, 0.2) is 70.6 Å². The molecule has 1 saturated heterocycles. The summed E-state index contributed by atoms with van der Waals surface area (Å²) in [5.41, 5.74) is 4.70. The maximum atomic E-state index is 12.4. The lowest BCUT2D eigenvalue weighted by atomic mass is 10.2. The molecule has 0 bridgehead atoms. The third kappa shape index (κ3) is 5.63. The third-order valence-electron chi connectivity index (χ3n) is 6.13. The summed E-state index contributed by atoms with van der Waals surface area (Å²) in [5.74, 6) is -0.0525. The van der Waals surface area contributed by atoms with E-state index in [2.05, 4.69) is 55.7 Å². The first kappa shape index (κ1) is 23.3. The number of aromatic nitrogens is 3. The Morgan fingerprint density at radius 1 is 1.11 bits per heavy atom. The fraction of sp³-hybridized carbons (Fsp3) is 0.250. The minimum atomic E-state index is -0.0525. The standard InChI is InChI=1S/C28H29N5OS/c1-2-29-28(34)24-7-3-4-8-27(24)35-22-12-13-23-25(31-32-26(23)17-22)14-11-21-10-9-20(18-30-21)19-33-15-5-6-16-33/h3-4,7-14,17-18H,2,5-6,15-16,19H2,1H3,(H,29,34)(H,31,32)/b14-11+. The lowest BCUT2D eigenvalue weighted by Gasteiger charge is -2.13. The highest BCUT2D eigenvalue weighted by Gasteiger charge is 2.13. The Balaban J connectivity index is 1.29. The highest BCUT2D eigenvalue weighted by molar-refractivity contribution is 7.99. The van der Waals surface area contributed by atoms with Crippen LogP contribution in [0.4, 0.5) is 0 Å². The van der Waals surface area contributed by atoms with Crippen molar-refractivity contribution in [1.82, 2.24) is 25.4 Å². The zero-order chi connectivity index (χ0) is 24.0. The van der Waals surface area contributed by atoms with Crippen molar-refractivity contribution in [1.29, 1.82) is 0 Å². The molecule has 0 spiro atoms. The van der Waals surface area contributed by atoms with Gasteiger partial charge in [-0.2, -0.15) is 5.10 Å². The van der Waals surface area contributed by atoms with Crippen LogP contribution in [0.3, 0.4) is 0 Å². The zero-order valence-electron chi connectivity index (χ0n) is 19.8. The molecule has 0 atom stereocenters. The zero-order valence-corrected chi connectivity index (χ0v) is 20.6. The minimum absolute atomic E-state index is 0.0525. The van der Waals surface area contributed by atoms with E-state index in [0.717, 1.165) is 38.6 Å². The summed E-state index contributed by atoms with van der Waals surface area (Å²) in [6, 6.07) is 18.1. The van der Waals surface area contributed by atoms with Gasteiger partial charge in [0.1, 0.15) is 0 Å². The number of fused-ring (bicyclic) bond motifs is 1. The summed E-state index contributed by atoms with van der Waals surface area (Å²) < 4.78 is 0. The fourth-order valence-corrected chi connectivity index (χ4v) is 5.31. The van der Waals surface area contributed by atoms with Crippen LogP contribution in [-0.4, -0.2) is 45.6 Å². The van der Waals surface area contributed by atoms with Gasteiger partial charge in [-0.3, -0.25) is 19.8 Å². The molecule has 0 unspecified atom stereocenters. The van der Waals surface area contributed by atoms with Gasteiger partial charge in [0.25, 0.3) is 5.91 Å². The molecule has 2 aromatic heterocycles. The summed E-state index contributed by atoms with van der Waals surface area (Å²) in [6.07, 6.45) is 8.58. The molecule has 1 amide bonds. The summed E-state index contributed by atoms with van der Waals surface area (Å²) in [5, 5.41) is 11.6. The monoisotopic (exact) mass is 483 g/mol. The van der Waals surface area contributed by atoms with Gasteiger partial charge >= 0.3 is 0 Å². The molecule has 5 rings (SSSR count). The number of carbonyl (C=O) groups is 1. The highest BCUT2D eigenvalue weighted by atomic mass is 32.2. The number of hydrogen-bond donors (Lipinski definition) is 2. The number of nitrogens with one attached hydrogen (secondary N) is 2. The Bertz CT molecular complexity index is 1340. The van der Waals surface area contributed by atoms with Crippen LogP contribution < -0.4 is 5.32 Å². The summed E-state index contributed by atoms with van der Waals surface area (Å²) in [4.78, 5) is 21.5. The van der Waals surface area contributed by atoms with Crippen molar-refractivity contribution >= 4 is 40.7 Å². The maximum Gasteiger partial charge on any atom is 0.252 e. The van der Waals surface area contributed by atoms with E-state index in [0.29, 0.717) is 12.1 Å². The molecular weight excluding hydrogens is 454 g/mol. The number of likely N-dealkylation sites (tertiary alicyclic amines) is 1. The first-order chi connectivity index (χ1) is 17.2. The lowest BCUT2D eigenvalue weighted by molar-refractivity contribution is 0.0953. The number of carbonyl (C=O) groups excluding carboxylic acids is 1. The molecule has 4 aromatic rings. The number of rotatable bonds is 8. The SMILES string of the molecule is CCNC(=O)c1ccccc1Sc1ccc2c(/C=C/c3ccc(CN4CCCC4)cn3)n[nH]c2c1. The lowest BCUT2D eigenvalue weighted by Crippen LogP contribution is -2.23. The van der Waals surface area contributed by atoms with Gasteiger partial charge < -0.3 is 5.32 Å². The molecule has 1 aliphatic rings. The van der Waals surface area contributed by atoms with E-state index in [-0.39, 0.29) is 5.91 Å². The number of aromatic amines is 1. The van der Waals surface area contributed by atoms with Crippen molar-refractivity contribution in [2.24, 2.45) is 0 Å². The first-order valence-corrected chi connectivity index (χ1v) is 12.9. The van der Waals surface area contributed by atoms with Crippen LogP contribution in [0.25, 0.3) is 23.1 Å². The fourth-order valence-electron chi connectivity index (χ4n) is 4.33. The average molecular weight is 484 g/mol. The maximum absolute atomic E-state index is 12.4. The largest absolute Gasteiger partial charge is 0.352 e. The van der Waals surface area contributed by atoms with Crippen LogP contribution in [0.1, 0.15) is 47.1 Å². The Morgan fingerprint density at radius 3 is 2.77 bits per heavy atom. The van der Waals surface area contributed by atoms with Crippen molar-refractivity contribution in [3.05, 3.63) is 83.3 Å². The Labute approximate surface area is 209 Å². The van der Waals surface area contributed by atoms with Gasteiger partial charge in [0, 0.05) is 34.5 Å². The van der Waals surface area contributed by atoms with E-state index < -0.39 is 0 Å². The van der Waals surface area contributed by atoms with Crippen molar-refractivity contribution in [3.8, 4) is 0 Å². The van der Waals surface area contributed by atoms with Gasteiger partial charge in [-0.25, -0.2) is 0 Å². The van der Waals surface area contributed by atoms with Crippen LogP contribution in [0.2, 0.25) is 0 Å². The molecule has 178 valence electrons. The van der Waals surface area contributed by atoms with Crippen LogP contribution in [0, 0.1) is 0 Å². The second-order valence-electron chi connectivity index (χ2n) is 8.68. The molecule has 7 heteroatoms. The molecule has 35 heavy (non-hydrogen) atoms. The Morgan fingerprint density at radius 2 is 1.97 bits per heavy atom. The summed E-state index contributed by atoms with van der Waals surface area (Å²) in [7, 11) is 0. The molecule has 2 N–H and O–H groups in total. The second-order valence-corrected chi connectivity index (χ2v) is 9.80. The van der Waals surface area contributed by atoms with E-state index in [1.807, 2.05) is 49.5 Å². The molecule has 1 aliphatic heterocycles. The Kier molecular flexibility index (Phi) is 7.25. The first-order valence-electron chi connectivity index (χ1n) is 12.1. The molecule has 3 heterocycles. The summed E-state index contributed by atoms with van der Waals surface area (Å²) in [6.45, 7) is 5.89. The van der Waals surface area contributed by atoms with E-state index in [1.165, 1.54) is 31.5 Å². The quantitative estimate of drug-likeness (QED) is 0.340. The van der Waals surface area contributed by atoms with E-state index in [9.17, 15) is 4.79 Å². The molecule has 1 fully saturated rings. The second kappa shape index (κ2) is 10.9. The molecular formula is C28H29N5OS. The van der Waals surface area contributed by atoms with Crippen molar-refractivity contribution in [3.63, 3.8) is 0 Å². The molecule has 0 radical (unpaired) electrons. The molecule has 6 nitrogen and oxygen atoms in total. The smallest absolute Gasteiger partial charge is 0.252 e. The number of H-pyrrole nitrogens is 1. The molecule has 0 saturated carbocycles. The number of amides is 1. The highest BCUT2D eigenvalue weighted by Crippen LogP contribution is 2.33. The van der Waals surface area contributed by atoms with Crippen molar-refractivity contribution in [2.75, 3.05) is 19.6 Å². The Hall–Kier alpha value is -3.42. The third-order valence-corrected chi connectivity index (χ3v) is 7.19. The topological polar surface area (TPSA) is 73.9 Å². The number of nitrogens with zero attached hydrogens (tertiary/aromatic N) is 3. The average Bonchev–Trinajstić information content (AvgIpc) is 3.54. The van der Waals surface area contributed by atoms with E-state index in [4.69, 9.17) is 0 Å². The number of pyridine rings is 1. The normalized spacial score (nSPS) is 14.2. The number of hydrogen-bond acceptors (Lipinski definition) is 5. The molecule has 2 aromatic carbocycles. The predicted molar refractivity (Wildman–Crippen MR) is 142 cm³/mol. The van der Waals surface area contributed by atoms with Gasteiger partial charge in [0.2, 0.25) is 0 Å². The van der Waals surface area contributed by atoms with Gasteiger partial charge in [-0.1, -0.05) is 30.0 Å². The minimum Gasteiger partial charge on any atom is -0.352 e. The summed E-state index contributed by atoms with van der Waals surface area (Å²) >= 11 is 1.58. The van der Waals surface area contributed by atoms with Crippen LogP contribution in [-0.2, 0) is 6.54 Å². The van der Waals surface area contributed by atoms with Crippen molar-refractivity contribution < 1.29 is 4.79 Å². The van der Waals surface area contributed by atoms with Crippen LogP contribution in [0.5, 0.6) is 0 Å². The molecule has 0 aliphatic carbocycles. The number of benzene rings is 2. The van der Waals surface area contributed by atoms with Gasteiger partial charge in [0.15, 0.2) is 0 Å². The van der Waals surface area contributed by atoms with Gasteiger partial charge in [-0.05, 0) is 87.0 Å². The van der Waals surface area contributed by atoms with Crippen LogP contribution >= 0.6 is 11.8 Å².